The van der Waals surface area contributed by atoms with Crippen LogP contribution in [0.4, 0.5) is 5.69 Å². The Labute approximate surface area is 155 Å². The average Bonchev–Trinajstić information content (AvgIpc) is 2.56. The van der Waals surface area contributed by atoms with Crippen molar-refractivity contribution in [3.63, 3.8) is 0 Å². The van der Waals surface area contributed by atoms with E-state index in [1.807, 2.05) is 43.3 Å². The highest BCUT2D eigenvalue weighted by Crippen LogP contribution is 2.13. The van der Waals surface area contributed by atoms with Gasteiger partial charge in [-0.2, -0.15) is 0 Å². The van der Waals surface area contributed by atoms with Crippen molar-refractivity contribution < 1.29 is 14.3 Å². The number of benzene rings is 2. The smallest absolute Gasteiger partial charge is 0.260 e. The normalized spacial score (nSPS) is 10.1. The summed E-state index contributed by atoms with van der Waals surface area (Å²) in [5, 5.41) is 2.76. The van der Waals surface area contributed by atoms with E-state index in [0.717, 1.165) is 9.13 Å². The number of carbonyl (C=O) groups excluding carboxylic acids is 2. The lowest BCUT2D eigenvalue weighted by Gasteiger charge is -2.17. The van der Waals surface area contributed by atoms with Crippen molar-refractivity contribution in [2.75, 3.05) is 25.5 Å². The summed E-state index contributed by atoms with van der Waals surface area (Å²) in [5.74, 6) is 0.123. The van der Waals surface area contributed by atoms with Crippen LogP contribution in [0.15, 0.2) is 48.5 Å². The van der Waals surface area contributed by atoms with Crippen LogP contribution in [-0.4, -0.2) is 36.9 Å². The van der Waals surface area contributed by atoms with Crippen molar-refractivity contribution in [1.29, 1.82) is 0 Å². The molecule has 0 aliphatic rings. The summed E-state index contributed by atoms with van der Waals surface area (Å²) in [6.45, 7) is 1.85. The molecule has 0 aliphatic heterocycles. The van der Waals surface area contributed by atoms with Crippen LogP contribution < -0.4 is 10.1 Å². The van der Waals surface area contributed by atoms with Gasteiger partial charge in [-0.25, -0.2) is 0 Å². The van der Waals surface area contributed by atoms with Gasteiger partial charge in [-0.3, -0.25) is 9.59 Å². The van der Waals surface area contributed by atoms with E-state index in [4.69, 9.17) is 4.74 Å². The second-order valence-corrected chi connectivity index (χ2v) is 6.65. The van der Waals surface area contributed by atoms with Crippen LogP contribution in [-0.2, 0) is 9.59 Å². The third-order valence-corrected chi connectivity index (χ3v) is 4.04. The Balaban J connectivity index is 1.78. The van der Waals surface area contributed by atoms with Crippen LogP contribution >= 0.6 is 22.6 Å². The predicted octanol–water partition coefficient (Wildman–Crippen LogP) is 3.08. The van der Waals surface area contributed by atoms with Crippen LogP contribution in [0.5, 0.6) is 5.75 Å². The lowest BCUT2D eigenvalue weighted by Crippen LogP contribution is -2.37. The summed E-state index contributed by atoms with van der Waals surface area (Å²) in [6, 6.07) is 14.9. The summed E-state index contributed by atoms with van der Waals surface area (Å²) >= 11 is 2.20. The molecule has 0 aliphatic carbocycles. The number of nitrogens with one attached hydrogen (secondary N) is 1. The molecule has 0 radical (unpaired) electrons. The Hall–Kier alpha value is -2.09. The second-order valence-electron chi connectivity index (χ2n) is 5.41. The SMILES string of the molecule is Cc1ccc(NC(=O)CN(C)C(=O)COc2ccc(I)cc2)cc1. The molecule has 6 heteroatoms. The van der Waals surface area contributed by atoms with Gasteiger partial charge in [0.15, 0.2) is 6.61 Å². The lowest BCUT2D eigenvalue weighted by molar-refractivity contribution is -0.135. The van der Waals surface area contributed by atoms with Gasteiger partial charge in [0.25, 0.3) is 5.91 Å². The molecule has 0 saturated carbocycles. The lowest BCUT2D eigenvalue weighted by atomic mass is 10.2. The van der Waals surface area contributed by atoms with E-state index in [0.29, 0.717) is 11.4 Å². The minimum Gasteiger partial charge on any atom is -0.484 e. The van der Waals surface area contributed by atoms with Crippen molar-refractivity contribution >= 4 is 40.1 Å². The minimum atomic E-state index is -0.257. The van der Waals surface area contributed by atoms with Gasteiger partial charge in [0.05, 0.1) is 6.54 Å². The predicted molar refractivity (Wildman–Crippen MR) is 102 cm³/mol. The molecule has 0 aromatic heterocycles. The Kier molecular flexibility index (Phi) is 6.60. The summed E-state index contributed by atoms with van der Waals surface area (Å²) in [4.78, 5) is 25.4. The Morgan fingerprint density at radius 2 is 1.71 bits per heavy atom. The number of carbonyl (C=O) groups is 2. The highest BCUT2D eigenvalue weighted by molar-refractivity contribution is 14.1. The second kappa shape index (κ2) is 8.68. The molecule has 126 valence electrons. The monoisotopic (exact) mass is 438 g/mol. The number of rotatable bonds is 6. The molecule has 2 rings (SSSR count). The van der Waals surface area contributed by atoms with E-state index in [9.17, 15) is 9.59 Å². The van der Waals surface area contributed by atoms with Crippen LogP contribution in [0, 0.1) is 10.5 Å². The number of aryl methyl sites for hydroxylation is 1. The van der Waals surface area contributed by atoms with Crippen LogP contribution in [0.25, 0.3) is 0 Å². The first-order valence-electron chi connectivity index (χ1n) is 7.43. The standard InChI is InChI=1S/C18H19IN2O3/c1-13-3-7-15(8-4-13)20-17(22)11-21(2)18(23)12-24-16-9-5-14(19)6-10-16/h3-10H,11-12H2,1-2H3,(H,20,22). The number of anilines is 1. The van der Waals surface area contributed by atoms with Gasteiger partial charge in [0.2, 0.25) is 5.91 Å². The van der Waals surface area contributed by atoms with Crippen LogP contribution in [0.2, 0.25) is 0 Å². The molecule has 0 fully saturated rings. The van der Waals surface area contributed by atoms with E-state index in [2.05, 4.69) is 27.9 Å². The number of nitrogens with zero attached hydrogens (tertiary/aromatic N) is 1. The van der Waals surface area contributed by atoms with Crippen molar-refractivity contribution in [3.05, 3.63) is 57.7 Å². The van der Waals surface area contributed by atoms with E-state index in [-0.39, 0.29) is 25.0 Å². The zero-order valence-corrected chi connectivity index (χ0v) is 15.7. The molecule has 0 unspecified atom stereocenters. The molecule has 0 atom stereocenters. The van der Waals surface area contributed by atoms with Crippen LogP contribution in [0.3, 0.4) is 0 Å². The number of likely N-dealkylation sites (N-methyl/N-ethyl adjacent to an activating group) is 1. The van der Waals surface area contributed by atoms with Crippen molar-refractivity contribution in [3.8, 4) is 5.75 Å². The first-order valence-corrected chi connectivity index (χ1v) is 8.51. The van der Waals surface area contributed by atoms with Crippen molar-refractivity contribution in [2.24, 2.45) is 0 Å². The van der Waals surface area contributed by atoms with Gasteiger partial charge in [0, 0.05) is 16.3 Å². The van der Waals surface area contributed by atoms with Crippen molar-refractivity contribution in [1.82, 2.24) is 4.90 Å². The first-order chi connectivity index (χ1) is 11.4. The average molecular weight is 438 g/mol. The van der Waals surface area contributed by atoms with Gasteiger partial charge in [-0.1, -0.05) is 17.7 Å². The van der Waals surface area contributed by atoms with Gasteiger partial charge in [0.1, 0.15) is 5.75 Å². The molecule has 0 saturated heterocycles. The number of ether oxygens (including phenoxy) is 1. The maximum Gasteiger partial charge on any atom is 0.260 e. The summed E-state index contributed by atoms with van der Waals surface area (Å²) in [5.41, 5.74) is 1.83. The zero-order chi connectivity index (χ0) is 17.5. The number of halogens is 1. The molecule has 2 aromatic carbocycles. The molecule has 2 amide bonds. The van der Waals surface area contributed by atoms with E-state index < -0.39 is 0 Å². The molecular weight excluding hydrogens is 419 g/mol. The van der Waals surface area contributed by atoms with E-state index in [1.54, 1.807) is 19.2 Å². The van der Waals surface area contributed by atoms with E-state index >= 15 is 0 Å². The Bertz CT molecular complexity index is 699. The zero-order valence-electron chi connectivity index (χ0n) is 13.6. The molecule has 5 nitrogen and oxygen atoms in total. The molecule has 0 spiro atoms. The van der Waals surface area contributed by atoms with Crippen LogP contribution in [0.1, 0.15) is 5.56 Å². The van der Waals surface area contributed by atoms with Gasteiger partial charge in [-0.05, 0) is 65.9 Å². The summed E-state index contributed by atoms with van der Waals surface area (Å²) < 4.78 is 6.52. The molecule has 0 heterocycles. The van der Waals surface area contributed by atoms with Gasteiger partial charge < -0.3 is 15.0 Å². The number of amides is 2. The fourth-order valence-electron chi connectivity index (χ4n) is 1.93. The molecule has 24 heavy (non-hydrogen) atoms. The van der Waals surface area contributed by atoms with Gasteiger partial charge in [-0.15, -0.1) is 0 Å². The number of hydrogen-bond donors (Lipinski definition) is 1. The highest BCUT2D eigenvalue weighted by atomic mass is 127. The Morgan fingerprint density at radius 3 is 2.33 bits per heavy atom. The molecular formula is C18H19IN2O3. The summed E-state index contributed by atoms with van der Waals surface area (Å²) in [7, 11) is 1.58. The third-order valence-electron chi connectivity index (χ3n) is 3.32. The largest absolute Gasteiger partial charge is 0.484 e. The number of hydrogen-bond acceptors (Lipinski definition) is 3. The van der Waals surface area contributed by atoms with E-state index in [1.165, 1.54) is 4.90 Å². The first kappa shape index (κ1) is 18.3. The highest BCUT2D eigenvalue weighted by Gasteiger charge is 2.13. The third kappa shape index (κ3) is 5.84. The molecule has 2 aromatic rings. The Morgan fingerprint density at radius 1 is 1.08 bits per heavy atom. The van der Waals surface area contributed by atoms with Gasteiger partial charge >= 0.3 is 0 Å². The molecule has 0 bridgehead atoms. The minimum absolute atomic E-state index is 0.0250. The van der Waals surface area contributed by atoms with Crippen molar-refractivity contribution in [2.45, 2.75) is 6.92 Å². The maximum atomic E-state index is 12.0. The fraction of sp³-hybridized carbons (Fsp3) is 0.222. The molecule has 1 N–H and O–H groups in total. The fourth-order valence-corrected chi connectivity index (χ4v) is 2.29. The topological polar surface area (TPSA) is 58.6 Å². The maximum absolute atomic E-state index is 12.0. The quantitative estimate of drug-likeness (QED) is 0.706. The summed E-state index contributed by atoms with van der Waals surface area (Å²) in [6.07, 6.45) is 0.